The molecule has 4 rings (SSSR count). The van der Waals surface area contributed by atoms with Crippen LogP contribution < -0.4 is 15.4 Å². The Morgan fingerprint density at radius 2 is 2.00 bits per heavy atom. The lowest BCUT2D eigenvalue weighted by Gasteiger charge is -2.28. The number of hydrogen-bond donors (Lipinski definition) is 2. The zero-order chi connectivity index (χ0) is 26.4. The summed E-state index contributed by atoms with van der Waals surface area (Å²) in [5, 5.41) is 10.5. The van der Waals surface area contributed by atoms with Gasteiger partial charge in [-0.25, -0.2) is 4.98 Å². The number of carbonyl (C=O) groups excluding carboxylic acids is 1. The minimum atomic E-state index is -4.57. The molecule has 37 heavy (non-hydrogen) atoms. The SMILES string of the molecule is COc1nn(C2CCN(C)CC2)cc1Nc1cc(NCCCN2CCCOCC2=O)c(C(F)(F)F)cn1. The van der Waals surface area contributed by atoms with Crippen LogP contribution in [0.5, 0.6) is 5.88 Å². The number of carbonyl (C=O) groups is 1. The fraction of sp³-hybridized carbons (Fsp3) is 0.625. The van der Waals surface area contributed by atoms with Gasteiger partial charge >= 0.3 is 6.18 Å². The Kier molecular flexibility index (Phi) is 8.75. The summed E-state index contributed by atoms with van der Waals surface area (Å²) in [6, 6.07) is 1.56. The van der Waals surface area contributed by atoms with Crippen molar-refractivity contribution in [2.45, 2.75) is 37.9 Å². The molecule has 13 heteroatoms. The van der Waals surface area contributed by atoms with Crippen molar-refractivity contribution in [2.24, 2.45) is 0 Å². The van der Waals surface area contributed by atoms with E-state index in [1.807, 2.05) is 10.9 Å². The minimum Gasteiger partial charge on any atom is -0.478 e. The largest absolute Gasteiger partial charge is 0.478 e. The van der Waals surface area contributed by atoms with Crippen molar-refractivity contribution < 1.29 is 27.4 Å². The van der Waals surface area contributed by atoms with Crippen LogP contribution in [0.15, 0.2) is 18.5 Å². The van der Waals surface area contributed by atoms with Crippen LogP contribution in [0.25, 0.3) is 0 Å². The van der Waals surface area contributed by atoms with E-state index in [1.165, 1.54) is 13.2 Å². The van der Waals surface area contributed by atoms with Crippen molar-refractivity contribution in [1.29, 1.82) is 0 Å². The summed E-state index contributed by atoms with van der Waals surface area (Å²) in [4.78, 5) is 20.0. The summed E-state index contributed by atoms with van der Waals surface area (Å²) in [5.74, 6) is 0.483. The van der Waals surface area contributed by atoms with Crippen molar-refractivity contribution in [3.05, 3.63) is 24.0 Å². The number of rotatable bonds is 9. The molecule has 1 amide bonds. The third-order valence-electron chi connectivity index (χ3n) is 6.64. The highest BCUT2D eigenvalue weighted by atomic mass is 19.4. The molecule has 204 valence electrons. The first-order valence-electron chi connectivity index (χ1n) is 12.5. The maximum atomic E-state index is 13.7. The number of alkyl halides is 3. The Morgan fingerprint density at radius 3 is 2.73 bits per heavy atom. The monoisotopic (exact) mass is 525 g/mol. The molecule has 2 aromatic rings. The van der Waals surface area contributed by atoms with Gasteiger partial charge in [0.15, 0.2) is 0 Å². The van der Waals surface area contributed by atoms with E-state index in [9.17, 15) is 18.0 Å². The highest BCUT2D eigenvalue weighted by Crippen LogP contribution is 2.37. The van der Waals surface area contributed by atoms with E-state index in [0.29, 0.717) is 37.7 Å². The van der Waals surface area contributed by atoms with Crippen LogP contribution in [0.1, 0.15) is 37.3 Å². The van der Waals surface area contributed by atoms with Crippen LogP contribution in [0.4, 0.5) is 30.4 Å². The number of methoxy groups -OCH3 is 1. The molecule has 10 nitrogen and oxygen atoms in total. The zero-order valence-electron chi connectivity index (χ0n) is 21.2. The molecular formula is C24H34F3N7O3. The number of ether oxygens (including phenoxy) is 2. The van der Waals surface area contributed by atoms with Crippen LogP contribution in [0.2, 0.25) is 0 Å². The first-order valence-corrected chi connectivity index (χ1v) is 12.5. The third kappa shape index (κ3) is 7.04. The van der Waals surface area contributed by atoms with E-state index < -0.39 is 11.7 Å². The molecule has 2 aromatic heterocycles. The van der Waals surface area contributed by atoms with Gasteiger partial charge in [-0.3, -0.25) is 9.48 Å². The number of pyridine rings is 1. The fourth-order valence-corrected chi connectivity index (χ4v) is 4.55. The molecule has 0 aliphatic carbocycles. The highest BCUT2D eigenvalue weighted by molar-refractivity contribution is 5.77. The third-order valence-corrected chi connectivity index (χ3v) is 6.64. The number of hydrogen-bond acceptors (Lipinski definition) is 8. The van der Waals surface area contributed by atoms with Crippen molar-refractivity contribution >= 4 is 23.1 Å². The predicted octanol–water partition coefficient (Wildman–Crippen LogP) is 3.37. The van der Waals surface area contributed by atoms with E-state index in [1.54, 1.807) is 4.90 Å². The smallest absolute Gasteiger partial charge is 0.419 e. The summed E-state index contributed by atoms with van der Waals surface area (Å²) in [5.41, 5.74) is -0.412. The van der Waals surface area contributed by atoms with Crippen LogP contribution in [0, 0.1) is 0 Å². The number of nitrogens with zero attached hydrogens (tertiary/aromatic N) is 5. The number of piperidine rings is 1. The molecule has 0 spiro atoms. The molecule has 0 radical (unpaired) electrons. The normalized spacial score (nSPS) is 18.1. The second-order valence-electron chi connectivity index (χ2n) is 9.37. The van der Waals surface area contributed by atoms with Gasteiger partial charge in [0.25, 0.3) is 5.88 Å². The van der Waals surface area contributed by atoms with Crippen molar-refractivity contribution in [3.63, 3.8) is 0 Å². The van der Waals surface area contributed by atoms with Crippen molar-refractivity contribution in [2.75, 3.05) is 70.7 Å². The molecule has 2 fully saturated rings. The van der Waals surface area contributed by atoms with Gasteiger partial charge in [-0.15, -0.1) is 5.10 Å². The van der Waals surface area contributed by atoms with Crippen LogP contribution >= 0.6 is 0 Å². The molecular weight excluding hydrogens is 491 g/mol. The number of halogens is 3. The van der Waals surface area contributed by atoms with Gasteiger partial charge in [0.2, 0.25) is 5.91 Å². The van der Waals surface area contributed by atoms with Gasteiger partial charge < -0.3 is 29.9 Å². The molecule has 0 bridgehead atoms. The predicted molar refractivity (Wildman–Crippen MR) is 132 cm³/mol. The number of anilines is 3. The van der Waals surface area contributed by atoms with E-state index in [0.717, 1.165) is 38.5 Å². The van der Waals surface area contributed by atoms with E-state index in [-0.39, 0.29) is 36.6 Å². The van der Waals surface area contributed by atoms with E-state index >= 15 is 0 Å². The van der Waals surface area contributed by atoms with E-state index in [2.05, 4.69) is 32.7 Å². The van der Waals surface area contributed by atoms with Gasteiger partial charge in [-0.05, 0) is 45.8 Å². The average Bonchev–Trinajstić information content (AvgIpc) is 3.15. The summed E-state index contributed by atoms with van der Waals surface area (Å²) >= 11 is 0. The van der Waals surface area contributed by atoms with Gasteiger partial charge in [0.1, 0.15) is 18.1 Å². The average molecular weight is 526 g/mol. The van der Waals surface area contributed by atoms with Gasteiger partial charge in [-0.1, -0.05) is 0 Å². The molecule has 2 aliphatic rings. The van der Waals surface area contributed by atoms with Crippen LogP contribution in [-0.4, -0.2) is 90.6 Å². The molecule has 2 saturated heterocycles. The molecule has 0 saturated carbocycles. The zero-order valence-corrected chi connectivity index (χ0v) is 21.2. The molecule has 2 aliphatic heterocycles. The van der Waals surface area contributed by atoms with Crippen molar-refractivity contribution in [1.82, 2.24) is 24.6 Å². The Bertz CT molecular complexity index is 1050. The molecule has 0 atom stereocenters. The Morgan fingerprint density at radius 1 is 1.22 bits per heavy atom. The fourth-order valence-electron chi connectivity index (χ4n) is 4.55. The first kappa shape index (κ1) is 27.0. The molecule has 2 N–H and O–H groups in total. The lowest BCUT2D eigenvalue weighted by Crippen LogP contribution is -2.34. The topological polar surface area (TPSA) is 96.8 Å². The Labute approximate surface area is 214 Å². The molecule has 0 unspecified atom stereocenters. The number of likely N-dealkylation sites (tertiary alicyclic amines) is 1. The Hall–Kier alpha value is -3.06. The van der Waals surface area contributed by atoms with Gasteiger partial charge in [0.05, 0.1) is 30.6 Å². The lowest BCUT2D eigenvalue weighted by atomic mass is 10.1. The van der Waals surface area contributed by atoms with Crippen LogP contribution in [0.3, 0.4) is 0 Å². The number of nitrogens with one attached hydrogen (secondary N) is 2. The maximum absolute atomic E-state index is 13.7. The van der Waals surface area contributed by atoms with E-state index in [4.69, 9.17) is 9.47 Å². The number of aromatic nitrogens is 3. The molecule has 0 aromatic carbocycles. The maximum Gasteiger partial charge on any atom is 0.419 e. The minimum absolute atomic E-state index is 0.0445. The van der Waals surface area contributed by atoms with Gasteiger partial charge in [-0.2, -0.15) is 13.2 Å². The van der Waals surface area contributed by atoms with Crippen LogP contribution in [-0.2, 0) is 15.7 Å². The quantitative estimate of drug-likeness (QED) is 0.481. The highest BCUT2D eigenvalue weighted by Gasteiger charge is 2.34. The standard InChI is InChI=1S/C24H34F3N7O3/c1-32-10-5-17(6-11-32)34-15-20(23(31-34)36-2)30-21-13-19(18(14-29-21)24(25,26)27)28-7-3-8-33-9-4-12-37-16-22(33)35/h13-15,17H,3-12,16H2,1-2H3,(H2,28,29,30). The summed E-state index contributed by atoms with van der Waals surface area (Å²) in [6.07, 6.45) is 1.19. The summed E-state index contributed by atoms with van der Waals surface area (Å²) < 4.78 is 53.4. The second kappa shape index (κ2) is 12.0. The summed E-state index contributed by atoms with van der Waals surface area (Å²) in [7, 11) is 3.58. The first-order chi connectivity index (χ1) is 17.7. The lowest BCUT2D eigenvalue weighted by molar-refractivity contribution is -0.137. The second-order valence-corrected chi connectivity index (χ2v) is 9.37. The summed E-state index contributed by atoms with van der Waals surface area (Å²) in [6.45, 7) is 3.79. The molecule has 4 heterocycles. The van der Waals surface area contributed by atoms with Crippen molar-refractivity contribution in [3.8, 4) is 5.88 Å². The number of amides is 1. The Balaban J connectivity index is 1.44. The van der Waals surface area contributed by atoms with Gasteiger partial charge in [0, 0.05) is 38.5 Å².